The van der Waals surface area contributed by atoms with E-state index in [0.717, 1.165) is 0 Å². The zero-order valence-electron chi connectivity index (χ0n) is 5.48. The molecule has 0 saturated carbocycles. The lowest BCUT2D eigenvalue weighted by Gasteiger charge is -2.00. The number of amides is 1. The average Bonchev–Trinajstić information content (AvgIpc) is 1.83. The zero-order valence-corrected chi connectivity index (χ0v) is 8.45. The minimum atomic E-state index is 0.100. The van der Waals surface area contributed by atoms with E-state index in [4.69, 9.17) is 0 Å². The van der Waals surface area contributed by atoms with Gasteiger partial charge in [0.15, 0.2) is 0 Å². The summed E-state index contributed by atoms with van der Waals surface area (Å²) < 4.78 is 0.514. The summed E-state index contributed by atoms with van der Waals surface area (Å²) in [6.45, 7) is 2.06. The molecule has 0 aromatic rings. The maximum atomic E-state index is 10.6. The normalized spacial score (nSPS) is 12.8. The molecule has 1 unspecified atom stereocenters. The fourth-order valence-electron chi connectivity index (χ4n) is 0.263. The van der Waals surface area contributed by atoms with Gasteiger partial charge >= 0.3 is 0 Å². The summed E-state index contributed by atoms with van der Waals surface area (Å²) in [6.07, 6.45) is 0. The van der Waals surface area contributed by atoms with Crippen LogP contribution >= 0.6 is 34.4 Å². The minimum absolute atomic E-state index is 0.100. The number of rotatable bonds is 3. The van der Waals surface area contributed by atoms with Gasteiger partial charge in [-0.15, -0.1) is 11.8 Å². The Bertz CT molecular complexity index is 97.0. The van der Waals surface area contributed by atoms with Gasteiger partial charge in [0.05, 0.1) is 9.01 Å². The number of alkyl halides is 1. The van der Waals surface area contributed by atoms with E-state index in [1.54, 1.807) is 18.8 Å². The largest absolute Gasteiger partial charge is 0.358 e. The molecule has 2 nitrogen and oxygen atoms in total. The number of halogens is 1. The van der Waals surface area contributed by atoms with Crippen molar-refractivity contribution >= 4 is 40.3 Å². The second kappa shape index (κ2) is 5.34. The summed E-state index contributed by atoms with van der Waals surface area (Å²) in [5, 5.41) is 2.56. The van der Waals surface area contributed by atoms with Crippen LogP contribution in [0, 0.1) is 0 Å². The Hall–Kier alpha value is 0.550. The number of carbonyl (C=O) groups excluding carboxylic acids is 1. The van der Waals surface area contributed by atoms with Crippen LogP contribution in [0.5, 0.6) is 0 Å². The van der Waals surface area contributed by atoms with Crippen molar-refractivity contribution in [2.24, 2.45) is 0 Å². The summed E-state index contributed by atoms with van der Waals surface area (Å²) in [7, 11) is 1.65. The molecule has 9 heavy (non-hydrogen) atoms. The Morgan fingerprint density at radius 2 is 2.44 bits per heavy atom. The van der Waals surface area contributed by atoms with Crippen LogP contribution in [0.3, 0.4) is 0 Å². The van der Waals surface area contributed by atoms with Gasteiger partial charge in [0.2, 0.25) is 5.91 Å². The maximum Gasteiger partial charge on any atom is 0.229 e. The molecule has 0 rings (SSSR count). The van der Waals surface area contributed by atoms with E-state index in [1.807, 2.05) is 0 Å². The molecule has 0 heterocycles. The fourth-order valence-corrected chi connectivity index (χ4v) is 1.33. The van der Waals surface area contributed by atoms with Crippen LogP contribution in [0.1, 0.15) is 6.92 Å². The molecule has 1 N–H and O–H groups in total. The smallest absolute Gasteiger partial charge is 0.229 e. The van der Waals surface area contributed by atoms with Crippen LogP contribution in [0.2, 0.25) is 0 Å². The van der Waals surface area contributed by atoms with Gasteiger partial charge in [0.1, 0.15) is 0 Å². The highest BCUT2D eigenvalue weighted by Crippen LogP contribution is 2.15. The summed E-state index contributed by atoms with van der Waals surface area (Å²) in [4.78, 5) is 10.6. The van der Waals surface area contributed by atoms with Crippen molar-refractivity contribution in [2.45, 2.75) is 10.2 Å². The SMILES string of the molecule is CNC(=O)CSC(C)I. The van der Waals surface area contributed by atoms with Gasteiger partial charge in [-0.1, -0.05) is 22.6 Å². The molecule has 1 amide bonds. The van der Waals surface area contributed by atoms with Crippen molar-refractivity contribution in [1.82, 2.24) is 5.32 Å². The molecule has 0 saturated heterocycles. The van der Waals surface area contributed by atoms with Crippen molar-refractivity contribution < 1.29 is 4.79 Å². The first-order valence-corrected chi connectivity index (χ1v) is 4.92. The third-order valence-corrected chi connectivity index (χ3v) is 2.69. The Morgan fingerprint density at radius 1 is 1.89 bits per heavy atom. The summed E-state index contributed by atoms with van der Waals surface area (Å²) >= 11 is 3.91. The van der Waals surface area contributed by atoms with E-state index in [9.17, 15) is 4.79 Å². The molecule has 0 aliphatic heterocycles. The predicted molar refractivity (Wildman–Crippen MR) is 50.0 cm³/mol. The van der Waals surface area contributed by atoms with Gasteiger partial charge in [0, 0.05) is 7.05 Å². The quantitative estimate of drug-likeness (QED) is 0.610. The molecule has 0 radical (unpaired) electrons. The second-order valence-electron chi connectivity index (χ2n) is 1.53. The van der Waals surface area contributed by atoms with Crippen molar-refractivity contribution in [2.75, 3.05) is 12.8 Å². The number of carbonyl (C=O) groups is 1. The zero-order chi connectivity index (χ0) is 7.28. The van der Waals surface area contributed by atoms with Crippen LogP contribution in [-0.4, -0.2) is 22.0 Å². The van der Waals surface area contributed by atoms with E-state index in [0.29, 0.717) is 9.01 Å². The minimum Gasteiger partial charge on any atom is -0.358 e. The van der Waals surface area contributed by atoms with Crippen molar-refractivity contribution in [3.63, 3.8) is 0 Å². The second-order valence-corrected chi connectivity index (χ2v) is 5.57. The summed E-state index contributed by atoms with van der Waals surface area (Å²) in [5.74, 6) is 0.671. The van der Waals surface area contributed by atoms with E-state index < -0.39 is 0 Å². The highest BCUT2D eigenvalue weighted by molar-refractivity contribution is 14.1. The molecule has 0 aromatic heterocycles. The Morgan fingerprint density at radius 3 is 2.78 bits per heavy atom. The van der Waals surface area contributed by atoms with Gasteiger partial charge in [-0.2, -0.15) is 0 Å². The molecule has 0 spiro atoms. The third kappa shape index (κ3) is 6.44. The Balaban J connectivity index is 3.17. The first-order chi connectivity index (χ1) is 4.16. The number of thioether (sulfide) groups is 1. The average molecular weight is 259 g/mol. The standard InChI is InChI=1S/C5H10INOS/c1-4(6)9-3-5(8)7-2/h4H,3H2,1-2H3,(H,7,8). The van der Waals surface area contributed by atoms with Crippen LogP contribution in [0.25, 0.3) is 0 Å². The van der Waals surface area contributed by atoms with Crippen molar-refractivity contribution in [1.29, 1.82) is 0 Å². The molecular weight excluding hydrogens is 249 g/mol. The lowest BCUT2D eigenvalue weighted by atomic mass is 10.7. The molecular formula is C5H10INOS. The molecule has 4 heteroatoms. The summed E-state index contributed by atoms with van der Waals surface area (Å²) in [6, 6.07) is 0. The highest BCUT2D eigenvalue weighted by Gasteiger charge is 2.00. The molecule has 0 aliphatic rings. The van der Waals surface area contributed by atoms with Gasteiger partial charge in [-0.25, -0.2) is 0 Å². The number of nitrogens with one attached hydrogen (secondary N) is 1. The first-order valence-electron chi connectivity index (χ1n) is 2.63. The molecule has 0 fully saturated rings. The van der Waals surface area contributed by atoms with Crippen molar-refractivity contribution in [3.05, 3.63) is 0 Å². The van der Waals surface area contributed by atoms with Crippen LogP contribution in [0.15, 0.2) is 0 Å². The number of hydrogen-bond donors (Lipinski definition) is 1. The molecule has 0 aliphatic carbocycles. The molecule has 0 bridgehead atoms. The monoisotopic (exact) mass is 259 g/mol. The lowest BCUT2D eigenvalue weighted by Crippen LogP contribution is -2.20. The van der Waals surface area contributed by atoms with Gasteiger partial charge in [-0.3, -0.25) is 4.79 Å². The first kappa shape index (κ1) is 9.55. The van der Waals surface area contributed by atoms with E-state index in [-0.39, 0.29) is 5.91 Å². The number of hydrogen-bond acceptors (Lipinski definition) is 2. The van der Waals surface area contributed by atoms with E-state index >= 15 is 0 Å². The Kier molecular flexibility index (Phi) is 5.67. The van der Waals surface area contributed by atoms with Gasteiger partial charge < -0.3 is 5.32 Å². The lowest BCUT2D eigenvalue weighted by molar-refractivity contribution is -0.118. The fraction of sp³-hybridized carbons (Fsp3) is 0.800. The summed E-state index contributed by atoms with van der Waals surface area (Å²) in [5.41, 5.74) is 0. The van der Waals surface area contributed by atoms with Crippen LogP contribution in [0.4, 0.5) is 0 Å². The van der Waals surface area contributed by atoms with E-state index in [1.165, 1.54) is 0 Å². The predicted octanol–water partition coefficient (Wildman–Crippen LogP) is 1.25. The molecule has 0 aromatic carbocycles. The van der Waals surface area contributed by atoms with Crippen LogP contribution < -0.4 is 5.32 Å². The van der Waals surface area contributed by atoms with Crippen molar-refractivity contribution in [3.8, 4) is 0 Å². The topological polar surface area (TPSA) is 29.1 Å². The highest BCUT2D eigenvalue weighted by atomic mass is 127. The van der Waals surface area contributed by atoms with Crippen LogP contribution in [-0.2, 0) is 4.79 Å². The van der Waals surface area contributed by atoms with Gasteiger partial charge in [0.25, 0.3) is 0 Å². The molecule has 1 atom stereocenters. The van der Waals surface area contributed by atoms with Gasteiger partial charge in [-0.05, 0) is 6.92 Å². The Labute approximate surface area is 73.3 Å². The molecule has 54 valence electrons. The maximum absolute atomic E-state index is 10.6. The third-order valence-electron chi connectivity index (χ3n) is 0.723. The van der Waals surface area contributed by atoms with E-state index in [2.05, 4.69) is 34.8 Å².